The van der Waals surface area contributed by atoms with Gasteiger partial charge in [0, 0.05) is 54.6 Å². The molecule has 0 radical (unpaired) electrons. The maximum Gasteiger partial charge on any atom is 0.155 e. The number of aliphatic hydroxyl groups excluding tert-OH is 3. The first kappa shape index (κ1) is 31.0. The van der Waals surface area contributed by atoms with E-state index in [1.165, 1.54) is 39.0 Å². The van der Waals surface area contributed by atoms with Crippen molar-refractivity contribution >= 4 is 17.3 Å². The van der Waals surface area contributed by atoms with Gasteiger partial charge in [0.2, 0.25) is 0 Å². The zero-order valence-corrected chi connectivity index (χ0v) is 16.9. The minimum atomic E-state index is -0.107. The molecule has 0 amide bonds. The normalized spacial score (nSPS) is 11.0. The van der Waals surface area contributed by atoms with Crippen molar-refractivity contribution in [3.8, 4) is 0 Å². The molecule has 0 aliphatic carbocycles. The van der Waals surface area contributed by atoms with E-state index in [-0.39, 0.29) is 51.7 Å². The first-order chi connectivity index (χ1) is 11.0. The molecule has 7 heteroatoms. The number of hydrogen-bond donors (Lipinski definition) is 3. The number of hydrogen-bond acceptors (Lipinski definition) is 6. The van der Waals surface area contributed by atoms with Crippen LogP contribution < -0.4 is 0 Å². The van der Waals surface area contributed by atoms with Crippen LogP contribution in [0.25, 0.3) is 0 Å². The van der Waals surface area contributed by atoms with E-state index in [0.29, 0.717) is 19.3 Å². The fourth-order valence-corrected chi connectivity index (χ4v) is 1.01. The van der Waals surface area contributed by atoms with Gasteiger partial charge in [-0.3, -0.25) is 14.4 Å². The molecule has 0 bridgehead atoms. The molecule has 0 aromatic carbocycles. The van der Waals surface area contributed by atoms with E-state index in [2.05, 4.69) is 0 Å². The average Bonchev–Trinajstić information content (AvgIpc) is 2.46. The molecule has 0 heterocycles. The Labute approximate surface area is 160 Å². The number of aliphatic hydroxyl groups is 3. The summed E-state index contributed by atoms with van der Waals surface area (Å²) >= 11 is 0. The van der Waals surface area contributed by atoms with Crippen LogP contribution >= 0.6 is 0 Å². The van der Waals surface area contributed by atoms with Crippen molar-refractivity contribution in [1.82, 2.24) is 0 Å². The number of ketones is 3. The molecule has 0 aromatic rings. The van der Waals surface area contributed by atoms with Gasteiger partial charge in [-0.05, 0) is 20.8 Å². The van der Waals surface area contributed by atoms with Gasteiger partial charge in [-0.15, -0.1) is 0 Å². The summed E-state index contributed by atoms with van der Waals surface area (Å²) < 4.78 is 0. The van der Waals surface area contributed by atoms with E-state index in [1.807, 2.05) is 0 Å². The topological polar surface area (TPSA) is 112 Å². The quantitative estimate of drug-likeness (QED) is 0.350. The molecule has 0 rings (SSSR count). The molecule has 0 saturated heterocycles. The Hall–Kier alpha value is -1.85. The van der Waals surface area contributed by atoms with E-state index in [4.69, 9.17) is 15.3 Å². The van der Waals surface area contributed by atoms with Gasteiger partial charge in [-0.25, -0.2) is 0 Å². The van der Waals surface area contributed by atoms with Gasteiger partial charge >= 0.3 is 0 Å². The van der Waals surface area contributed by atoms with Gasteiger partial charge in [0.15, 0.2) is 17.3 Å². The first-order valence-corrected chi connectivity index (χ1v) is 7.70. The Bertz CT molecular complexity index is 418. The molecule has 146 valence electrons. The zero-order chi connectivity index (χ0) is 19.7. The number of carbonyl (C=O) groups is 3. The monoisotopic (exact) mass is 398 g/mol. The van der Waals surface area contributed by atoms with Crippen LogP contribution in [0.3, 0.4) is 0 Å². The van der Waals surface area contributed by atoms with E-state index in [0.717, 1.165) is 0 Å². The molecule has 0 spiro atoms. The first-order valence-electron chi connectivity index (χ1n) is 7.70. The second-order valence-corrected chi connectivity index (χ2v) is 4.80. The van der Waals surface area contributed by atoms with Crippen molar-refractivity contribution in [2.75, 3.05) is 0 Å². The molecule has 0 aliphatic heterocycles. The second kappa shape index (κ2) is 20.2. The molecular formula is C18H30FeO6. The van der Waals surface area contributed by atoms with Crippen molar-refractivity contribution in [3.63, 3.8) is 0 Å². The Morgan fingerprint density at radius 2 is 0.760 bits per heavy atom. The van der Waals surface area contributed by atoms with Crippen molar-refractivity contribution in [1.29, 1.82) is 0 Å². The van der Waals surface area contributed by atoms with E-state index in [1.54, 1.807) is 20.8 Å². The smallest absolute Gasteiger partial charge is 0.155 e. The van der Waals surface area contributed by atoms with Crippen molar-refractivity contribution in [2.45, 2.75) is 60.8 Å². The Morgan fingerprint density at radius 3 is 0.800 bits per heavy atom. The molecule has 0 unspecified atom stereocenters. The molecule has 6 nitrogen and oxygen atoms in total. The Balaban J connectivity index is -0.000000130. The Kier molecular flexibility index (Phi) is 25.0. The number of allylic oxidation sites excluding steroid dienone is 6. The van der Waals surface area contributed by atoms with Gasteiger partial charge in [-0.1, -0.05) is 20.8 Å². The van der Waals surface area contributed by atoms with Crippen molar-refractivity contribution in [3.05, 3.63) is 35.5 Å². The minimum Gasteiger partial charge on any atom is -0.512 e. The minimum absolute atomic E-state index is 0. The van der Waals surface area contributed by atoms with Crippen molar-refractivity contribution < 1.29 is 46.8 Å². The maximum atomic E-state index is 10.2. The van der Waals surface area contributed by atoms with Crippen LogP contribution in [0.5, 0.6) is 0 Å². The SMILES string of the molecule is CCC(O)=CC(C)=O.CCC(O)=CC(C)=O.CCC(O)=CC(C)=O.[Fe]. The molecule has 0 fully saturated rings. The van der Waals surface area contributed by atoms with Crippen LogP contribution in [-0.4, -0.2) is 32.7 Å². The molecule has 0 atom stereocenters. The maximum absolute atomic E-state index is 10.2. The van der Waals surface area contributed by atoms with Crippen LogP contribution in [0.2, 0.25) is 0 Å². The third kappa shape index (κ3) is 34.5. The third-order valence-corrected chi connectivity index (χ3v) is 2.20. The standard InChI is InChI=1S/3C6H10O2.Fe/c3*1-3-6(8)4-5(2)7;/h3*4,8H,3H2,1-2H3;. The third-order valence-electron chi connectivity index (χ3n) is 2.20. The Morgan fingerprint density at radius 1 is 0.600 bits per heavy atom. The van der Waals surface area contributed by atoms with Gasteiger partial charge in [0.05, 0.1) is 17.3 Å². The fraction of sp³-hybridized carbons (Fsp3) is 0.500. The summed E-state index contributed by atoms with van der Waals surface area (Å²) in [6.07, 6.45) is 5.25. The fourth-order valence-electron chi connectivity index (χ4n) is 1.01. The van der Waals surface area contributed by atoms with E-state index < -0.39 is 0 Å². The number of rotatable bonds is 6. The summed E-state index contributed by atoms with van der Waals surface area (Å²) in [4.78, 5) is 30.5. The van der Waals surface area contributed by atoms with Crippen LogP contribution in [0.15, 0.2) is 35.5 Å². The summed E-state index contributed by atoms with van der Waals surface area (Å²) in [5.41, 5.74) is 0. The molecular weight excluding hydrogens is 368 g/mol. The average molecular weight is 398 g/mol. The van der Waals surface area contributed by atoms with E-state index >= 15 is 0 Å². The molecule has 25 heavy (non-hydrogen) atoms. The number of carbonyl (C=O) groups excluding carboxylic acids is 3. The van der Waals surface area contributed by atoms with Crippen LogP contribution in [0.1, 0.15) is 60.8 Å². The largest absolute Gasteiger partial charge is 0.512 e. The zero-order valence-electron chi connectivity index (χ0n) is 15.8. The summed E-state index contributed by atoms with van der Waals surface area (Å²) in [6, 6.07) is 0. The van der Waals surface area contributed by atoms with Crippen LogP contribution in [0.4, 0.5) is 0 Å². The predicted molar refractivity (Wildman–Crippen MR) is 95.1 cm³/mol. The van der Waals surface area contributed by atoms with Crippen molar-refractivity contribution in [2.24, 2.45) is 0 Å². The molecule has 0 aromatic heterocycles. The van der Waals surface area contributed by atoms with Gasteiger partial charge in [0.25, 0.3) is 0 Å². The van der Waals surface area contributed by atoms with Gasteiger partial charge in [0.1, 0.15) is 0 Å². The second-order valence-electron chi connectivity index (χ2n) is 4.80. The van der Waals surface area contributed by atoms with Gasteiger partial charge in [-0.2, -0.15) is 0 Å². The van der Waals surface area contributed by atoms with Crippen LogP contribution in [0, 0.1) is 0 Å². The summed E-state index contributed by atoms with van der Waals surface area (Å²) in [5, 5.41) is 26.0. The molecule has 0 aliphatic rings. The summed E-state index contributed by atoms with van der Waals surface area (Å²) in [7, 11) is 0. The summed E-state index contributed by atoms with van der Waals surface area (Å²) in [5.74, 6) is 0.130. The summed E-state index contributed by atoms with van der Waals surface area (Å²) in [6.45, 7) is 9.59. The van der Waals surface area contributed by atoms with Crippen LogP contribution in [-0.2, 0) is 31.5 Å². The van der Waals surface area contributed by atoms with Gasteiger partial charge < -0.3 is 15.3 Å². The van der Waals surface area contributed by atoms with E-state index in [9.17, 15) is 14.4 Å². The molecule has 0 saturated carbocycles. The molecule has 3 N–H and O–H groups in total. The predicted octanol–water partition coefficient (Wildman–Crippen LogP) is 4.28.